The molecule has 66 valence electrons. The molecule has 0 aromatic rings. The first-order chi connectivity index (χ1) is 5.66. The van der Waals surface area contributed by atoms with Gasteiger partial charge in [-0.15, -0.1) is 0 Å². The Morgan fingerprint density at radius 1 is 1.42 bits per heavy atom. The molecule has 12 heavy (non-hydrogen) atoms. The molecule has 3 aliphatic carbocycles. The van der Waals surface area contributed by atoms with Crippen LogP contribution in [0.3, 0.4) is 0 Å². The molecular formula is C10H17ClHg. The third-order valence-electron chi connectivity index (χ3n) is 4.48. The van der Waals surface area contributed by atoms with Gasteiger partial charge in [0, 0.05) is 0 Å². The van der Waals surface area contributed by atoms with Crippen LogP contribution in [0.2, 0.25) is 3.93 Å². The Hall–Kier alpha value is 1.23. The Morgan fingerprint density at radius 2 is 2.17 bits per heavy atom. The second-order valence-electron chi connectivity index (χ2n) is 5.18. The van der Waals surface area contributed by atoms with Gasteiger partial charge in [0.1, 0.15) is 0 Å². The molecule has 3 fully saturated rings. The summed E-state index contributed by atoms with van der Waals surface area (Å²) in [5.41, 5.74) is 0.683. The summed E-state index contributed by atoms with van der Waals surface area (Å²) in [5, 5.41) is 0. The molecule has 3 aliphatic rings. The summed E-state index contributed by atoms with van der Waals surface area (Å²) in [4.78, 5) is 0. The second-order valence-corrected chi connectivity index (χ2v) is 12.2. The Kier molecular flexibility index (Phi) is 2.78. The van der Waals surface area contributed by atoms with Gasteiger partial charge < -0.3 is 0 Å². The summed E-state index contributed by atoms with van der Waals surface area (Å²) in [6.45, 7) is 4.95. The summed E-state index contributed by atoms with van der Waals surface area (Å²) in [6.07, 6.45) is 4.53. The Morgan fingerprint density at radius 3 is 2.67 bits per heavy atom. The van der Waals surface area contributed by atoms with Crippen LogP contribution in [0.4, 0.5) is 0 Å². The van der Waals surface area contributed by atoms with Gasteiger partial charge in [-0.25, -0.2) is 0 Å². The molecule has 0 nitrogen and oxygen atoms in total. The zero-order valence-corrected chi connectivity index (χ0v) is 14.4. The normalized spacial score (nSPS) is 43.1. The molecule has 0 aromatic carbocycles. The molecule has 2 heteroatoms. The van der Waals surface area contributed by atoms with Gasteiger partial charge in [0.05, 0.1) is 0 Å². The van der Waals surface area contributed by atoms with Crippen LogP contribution in [-0.2, 0) is 23.3 Å². The molecule has 3 saturated carbocycles. The maximum atomic E-state index is 6.03. The first-order valence-electron chi connectivity index (χ1n) is 5.22. The van der Waals surface area contributed by atoms with Crippen LogP contribution in [-0.4, -0.2) is 0 Å². The van der Waals surface area contributed by atoms with Crippen molar-refractivity contribution in [1.82, 2.24) is 0 Å². The van der Waals surface area contributed by atoms with E-state index >= 15 is 0 Å². The van der Waals surface area contributed by atoms with Crippen molar-refractivity contribution in [2.24, 2.45) is 23.2 Å². The first kappa shape index (κ1) is 9.77. The van der Waals surface area contributed by atoms with Crippen molar-refractivity contribution in [2.45, 2.75) is 37.0 Å². The van der Waals surface area contributed by atoms with Crippen LogP contribution in [0.1, 0.15) is 33.1 Å². The van der Waals surface area contributed by atoms with Crippen molar-refractivity contribution in [1.29, 1.82) is 0 Å². The van der Waals surface area contributed by atoms with Crippen molar-refractivity contribution in [2.75, 3.05) is 0 Å². The fourth-order valence-corrected chi connectivity index (χ4v) is 9.68. The predicted octanol–water partition coefficient (Wildman–Crippen LogP) is 3.71. The average molecular weight is 373 g/mol. The van der Waals surface area contributed by atoms with Gasteiger partial charge in [-0.05, 0) is 0 Å². The van der Waals surface area contributed by atoms with E-state index in [4.69, 9.17) is 8.25 Å². The molecule has 0 N–H and O–H groups in total. The van der Waals surface area contributed by atoms with E-state index in [-0.39, 0.29) is 0 Å². The van der Waals surface area contributed by atoms with Crippen LogP contribution in [0, 0.1) is 23.2 Å². The summed E-state index contributed by atoms with van der Waals surface area (Å²) in [5.74, 6) is 3.16. The van der Waals surface area contributed by atoms with Gasteiger partial charge in [-0.2, -0.15) is 0 Å². The van der Waals surface area contributed by atoms with E-state index in [9.17, 15) is 0 Å². The standard InChI is InChI=1S/C10H17.ClH.Hg/c1-7-4-5-8-6-9(7)10(8,2)3;;/h7-9H,1,4-6H2,2-3H3;1H;/q;;+1/p-1/t7-,8+,9+;;/m1../s1. The fourth-order valence-electron chi connectivity index (χ4n) is 3.45. The summed E-state index contributed by atoms with van der Waals surface area (Å²) >= 11 is -0.861. The number of hydrogen-bond donors (Lipinski definition) is 0. The molecule has 3 atom stereocenters. The van der Waals surface area contributed by atoms with Crippen LogP contribution in [0.15, 0.2) is 0 Å². The number of halogens is 1. The van der Waals surface area contributed by atoms with Crippen LogP contribution >= 0.6 is 8.25 Å². The monoisotopic (exact) mass is 374 g/mol. The van der Waals surface area contributed by atoms with E-state index in [1.807, 2.05) is 0 Å². The fraction of sp³-hybridized carbons (Fsp3) is 1.00. The van der Waals surface area contributed by atoms with Crippen molar-refractivity contribution >= 4 is 8.25 Å². The van der Waals surface area contributed by atoms with E-state index in [0.717, 1.165) is 17.8 Å². The quantitative estimate of drug-likeness (QED) is 0.648. The van der Waals surface area contributed by atoms with Crippen molar-refractivity contribution in [3.63, 3.8) is 0 Å². The van der Waals surface area contributed by atoms with Gasteiger partial charge >= 0.3 is 91.8 Å². The van der Waals surface area contributed by atoms with Gasteiger partial charge in [0.2, 0.25) is 0 Å². The third kappa shape index (κ3) is 1.37. The molecule has 0 heterocycles. The zero-order chi connectivity index (χ0) is 8.77. The molecule has 0 saturated heterocycles. The zero-order valence-electron chi connectivity index (χ0n) is 8.15. The van der Waals surface area contributed by atoms with E-state index in [1.165, 1.54) is 23.2 Å². The van der Waals surface area contributed by atoms with Gasteiger partial charge in [0.15, 0.2) is 0 Å². The molecular weight excluding hydrogens is 356 g/mol. The molecule has 0 radical (unpaired) electrons. The van der Waals surface area contributed by atoms with E-state index in [1.54, 1.807) is 0 Å². The Balaban J connectivity index is 2.01. The SMILES string of the molecule is CC1(C)[C@H]2CC[C@@H]([CH2][Hg][Cl])[C@@H]1C2. The molecule has 3 rings (SSSR count). The minimum absolute atomic E-state index is 0.683. The molecule has 0 aliphatic heterocycles. The average Bonchev–Trinajstić information content (AvgIpc) is 2.05. The van der Waals surface area contributed by atoms with Gasteiger partial charge in [0.25, 0.3) is 0 Å². The molecule has 0 amide bonds. The third-order valence-corrected chi connectivity index (χ3v) is 10.1. The molecule has 0 aromatic heterocycles. The summed E-state index contributed by atoms with van der Waals surface area (Å²) < 4.78 is 1.47. The van der Waals surface area contributed by atoms with Crippen LogP contribution in [0.25, 0.3) is 0 Å². The molecule has 2 bridgehead atoms. The van der Waals surface area contributed by atoms with E-state index < -0.39 is 23.3 Å². The van der Waals surface area contributed by atoms with Gasteiger partial charge in [-0.1, -0.05) is 0 Å². The summed E-state index contributed by atoms with van der Waals surface area (Å²) in [7, 11) is 6.03. The number of hydrogen-bond acceptors (Lipinski definition) is 0. The minimum atomic E-state index is -0.861. The molecule has 0 unspecified atom stereocenters. The first-order valence-corrected chi connectivity index (χ1v) is 15.9. The van der Waals surface area contributed by atoms with Crippen LogP contribution in [0.5, 0.6) is 0 Å². The van der Waals surface area contributed by atoms with Crippen molar-refractivity contribution < 1.29 is 23.3 Å². The van der Waals surface area contributed by atoms with Crippen molar-refractivity contribution in [3.8, 4) is 0 Å². The van der Waals surface area contributed by atoms with Gasteiger partial charge in [-0.3, -0.25) is 0 Å². The predicted molar refractivity (Wildman–Crippen MR) is 48.8 cm³/mol. The Labute approximate surface area is 91.3 Å². The van der Waals surface area contributed by atoms with E-state index in [0.29, 0.717) is 5.41 Å². The second kappa shape index (κ2) is 3.42. The van der Waals surface area contributed by atoms with E-state index in [2.05, 4.69) is 13.8 Å². The Bertz CT molecular complexity index is 175. The topological polar surface area (TPSA) is 0 Å². The number of fused-ring (bicyclic) bond motifs is 2. The molecule has 0 spiro atoms. The number of rotatable bonds is 2. The van der Waals surface area contributed by atoms with Crippen LogP contribution < -0.4 is 0 Å². The van der Waals surface area contributed by atoms with Crippen molar-refractivity contribution in [3.05, 3.63) is 0 Å². The maximum absolute atomic E-state index is 6.03. The summed E-state index contributed by atoms with van der Waals surface area (Å²) in [6, 6.07) is 0.